The Balaban J connectivity index is 1.41. The molecule has 4 aliphatic rings. The van der Waals surface area contributed by atoms with Crippen molar-refractivity contribution in [1.29, 1.82) is 0 Å². The van der Waals surface area contributed by atoms with Crippen molar-refractivity contribution < 1.29 is 19.0 Å². The molecule has 2 N–H and O–H groups in total. The molecule has 4 rings (SSSR count). The van der Waals surface area contributed by atoms with Crippen LogP contribution in [-0.4, -0.2) is 53.4 Å². The Hall–Kier alpha value is -0.780. The number of likely N-dealkylation sites (tertiary alicyclic amines) is 1. The first-order valence-corrected chi connectivity index (χ1v) is 12.5. The summed E-state index contributed by atoms with van der Waals surface area (Å²) < 4.78 is 26.1. The minimum Gasteiger partial charge on any atom is -0.393 e. The molecule has 5 heteroatoms. The van der Waals surface area contributed by atoms with E-state index in [0.717, 1.165) is 25.1 Å². The molecular formula is C26H41F2NO2. The van der Waals surface area contributed by atoms with Gasteiger partial charge in [-0.3, -0.25) is 0 Å². The lowest BCUT2D eigenvalue weighted by Gasteiger charge is -2.45. The Morgan fingerprint density at radius 3 is 2.55 bits per heavy atom. The van der Waals surface area contributed by atoms with E-state index in [4.69, 9.17) is 0 Å². The standard InChI is InChI=1S/C26H41F2NO2/c1-17(15-29-11-9-20(16-29)25(27)28)23-7-8-24-19(4-3-10-26(23,24)2)6-5-18-12-21(30)14-22(31)13-18/h5-6,17,20-25,30-31H,3-4,7-16H2,1-2H3/b18-5-,19-6?/t17?,20?,21-,22+,23-,24+,26-/m1/s1. The number of halogens is 2. The molecule has 1 aliphatic heterocycles. The van der Waals surface area contributed by atoms with Gasteiger partial charge in [-0.2, -0.15) is 0 Å². The molecule has 1 heterocycles. The molecule has 0 amide bonds. The maximum absolute atomic E-state index is 13.1. The number of fused-ring (bicyclic) bond motifs is 1. The van der Waals surface area contributed by atoms with Crippen LogP contribution >= 0.6 is 0 Å². The molecule has 0 bridgehead atoms. The summed E-state index contributed by atoms with van der Waals surface area (Å²) in [5, 5.41) is 19.9. The van der Waals surface area contributed by atoms with Crippen LogP contribution in [0.5, 0.6) is 0 Å². The Kier molecular flexibility index (Phi) is 7.24. The van der Waals surface area contributed by atoms with E-state index in [1.165, 1.54) is 25.7 Å². The Morgan fingerprint density at radius 2 is 1.87 bits per heavy atom. The fourth-order valence-corrected chi connectivity index (χ4v) is 7.51. The van der Waals surface area contributed by atoms with Crippen LogP contribution in [0.4, 0.5) is 8.78 Å². The van der Waals surface area contributed by atoms with Crippen LogP contribution in [0.25, 0.3) is 0 Å². The highest BCUT2D eigenvalue weighted by atomic mass is 19.3. The van der Waals surface area contributed by atoms with E-state index in [0.29, 0.717) is 55.4 Å². The van der Waals surface area contributed by atoms with Crippen LogP contribution in [0.3, 0.4) is 0 Å². The van der Waals surface area contributed by atoms with Gasteiger partial charge in [0.2, 0.25) is 6.43 Å². The van der Waals surface area contributed by atoms with Crippen molar-refractivity contribution in [3.05, 3.63) is 23.3 Å². The molecule has 4 fully saturated rings. The molecular weight excluding hydrogens is 396 g/mol. The van der Waals surface area contributed by atoms with Gasteiger partial charge < -0.3 is 15.1 Å². The van der Waals surface area contributed by atoms with E-state index < -0.39 is 24.6 Å². The number of rotatable bonds is 5. The van der Waals surface area contributed by atoms with Crippen molar-refractivity contribution in [2.45, 2.75) is 90.3 Å². The molecule has 0 spiro atoms. The molecule has 1 saturated heterocycles. The van der Waals surface area contributed by atoms with Crippen molar-refractivity contribution in [1.82, 2.24) is 4.90 Å². The largest absolute Gasteiger partial charge is 0.393 e. The van der Waals surface area contributed by atoms with Crippen LogP contribution in [0, 0.1) is 29.1 Å². The average molecular weight is 438 g/mol. The zero-order valence-electron chi connectivity index (χ0n) is 19.3. The van der Waals surface area contributed by atoms with Gasteiger partial charge in [-0.25, -0.2) is 8.78 Å². The topological polar surface area (TPSA) is 43.7 Å². The second-order valence-electron chi connectivity index (χ2n) is 11.2. The summed E-state index contributed by atoms with van der Waals surface area (Å²) in [5.74, 6) is 1.36. The molecule has 0 aromatic carbocycles. The van der Waals surface area contributed by atoms with Crippen LogP contribution in [0.2, 0.25) is 0 Å². The smallest absolute Gasteiger partial charge is 0.242 e. The van der Waals surface area contributed by atoms with Crippen molar-refractivity contribution >= 4 is 0 Å². The minimum absolute atomic E-state index is 0.301. The molecule has 176 valence electrons. The second-order valence-corrected chi connectivity index (χ2v) is 11.2. The number of nitrogens with zero attached hydrogens (tertiary/aromatic N) is 1. The van der Waals surface area contributed by atoms with Gasteiger partial charge in [0, 0.05) is 19.0 Å². The molecule has 7 atom stereocenters. The summed E-state index contributed by atoms with van der Waals surface area (Å²) >= 11 is 0. The predicted octanol–water partition coefficient (Wildman–Crippen LogP) is 5.18. The zero-order chi connectivity index (χ0) is 22.2. The first-order chi connectivity index (χ1) is 14.8. The van der Waals surface area contributed by atoms with Gasteiger partial charge in [-0.15, -0.1) is 0 Å². The number of aliphatic hydroxyl groups excluding tert-OH is 2. The van der Waals surface area contributed by atoms with Crippen LogP contribution in [0.15, 0.2) is 23.3 Å². The summed E-state index contributed by atoms with van der Waals surface area (Å²) in [5.41, 5.74) is 3.01. The molecule has 0 radical (unpaired) electrons. The predicted molar refractivity (Wildman–Crippen MR) is 120 cm³/mol. The van der Waals surface area contributed by atoms with Crippen molar-refractivity contribution in [2.75, 3.05) is 19.6 Å². The normalized spacial score (nSPS) is 43.1. The molecule has 3 saturated carbocycles. The van der Waals surface area contributed by atoms with E-state index in [1.54, 1.807) is 5.57 Å². The lowest BCUT2D eigenvalue weighted by molar-refractivity contribution is 0.0609. The quantitative estimate of drug-likeness (QED) is 0.623. The number of hydrogen-bond donors (Lipinski definition) is 2. The van der Waals surface area contributed by atoms with Gasteiger partial charge in [0.1, 0.15) is 0 Å². The summed E-state index contributed by atoms with van der Waals surface area (Å²) in [6.07, 6.45) is 10.0. The van der Waals surface area contributed by atoms with Gasteiger partial charge in [0.15, 0.2) is 0 Å². The lowest BCUT2D eigenvalue weighted by atomic mass is 9.61. The second kappa shape index (κ2) is 9.61. The van der Waals surface area contributed by atoms with E-state index in [-0.39, 0.29) is 0 Å². The highest BCUT2D eigenvalue weighted by molar-refractivity contribution is 5.26. The molecule has 0 aromatic heterocycles. The summed E-state index contributed by atoms with van der Waals surface area (Å²) in [4.78, 5) is 2.28. The SMILES string of the molecule is CC(CN1CCC(C(F)F)C1)[C@H]1CC[C@H]2C(=C/C=C3/C[C@@H](O)C[C@@H](O)C3)CCC[C@]12C. The van der Waals surface area contributed by atoms with Crippen molar-refractivity contribution in [2.24, 2.45) is 29.1 Å². The fraction of sp³-hybridized carbons (Fsp3) is 0.846. The van der Waals surface area contributed by atoms with Crippen LogP contribution in [0.1, 0.15) is 71.6 Å². The monoisotopic (exact) mass is 437 g/mol. The zero-order valence-corrected chi connectivity index (χ0v) is 19.3. The summed E-state index contributed by atoms with van der Waals surface area (Å²) in [6.45, 7) is 7.16. The van der Waals surface area contributed by atoms with Gasteiger partial charge in [-0.1, -0.05) is 37.1 Å². The number of aliphatic hydroxyl groups is 2. The highest BCUT2D eigenvalue weighted by Gasteiger charge is 2.51. The van der Waals surface area contributed by atoms with Crippen molar-refractivity contribution in [3.8, 4) is 0 Å². The maximum Gasteiger partial charge on any atom is 0.242 e. The molecule has 2 unspecified atom stereocenters. The van der Waals surface area contributed by atoms with Gasteiger partial charge in [-0.05, 0) is 87.5 Å². The fourth-order valence-electron chi connectivity index (χ4n) is 7.51. The summed E-state index contributed by atoms with van der Waals surface area (Å²) in [6, 6.07) is 0. The average Bonchev–Trinajstić information content (AvgIpc) is 3.29. The Labute approximate surface area is 186 Å². The van der Waals surface area contributed by atoms with E-state index >= 15 is 0 Å². The van der Waals surface area contributed by atoms with Gasteiger partial charge >= 0.3 is 0 Å². The number of allylic oxidation sites excluding steroid dienone is 3. The first-order valence-electron chi connectivity index (χ1n) is 12.5. The van der Waals surface area contributed by atoms with Crippen molar-refractivity contribution in [3.63, 3.8) is 0 Å². The lowest BCUT2D eigenvalue weighted by Crippen LogP contribution is -2.39. The molecule has 31 heavy (non-hydrogen) atoms. The van der Waals surface area contributed by atoms with E-state index in [9.17, 15) is 19.0 Å². The third-order valence-electron chi connectivity index (χ3n) is 9.01. The molecule has 0 aromatic rings. The van der Waals surface area contributed by atoms with E-state index in [2.05, 4.69) is 30.9 Å². The third kappa shape index (κ3) is 5.09. The third-order valence-corrected chi connectivity index (χ3v) is 9.01. The van der Waals surface area contributed by atoms with E-state index in [1.807, 2.05) is 0 Å². The van der Waals surface area contributed by atoms with Gasteiger partial charge in [0.05, 0.1) is 12.2 Å². The number of hydrogen-bond acceptors (Lipinski definition) is 3. The Bertz CT molecular complexity index is 681. The minimum atomic E-state index is -2.18. The first kappa shape index (κ1) is 23.4. The molecule has 3 nitrogen and oxygen atoms in total. The summed E-state index contributed by atoms with van der Waals surface area (Å²) in [7, 11) is 0. The highest BCUT2D eigenvalue weighted by Crippen LogP contribution is 2.59. The maximum atomic E-state index is 13.1. The number of alkyl halides is 2. The Morgan fingerprint density at radius 1 is 1.13 bits per heavy atom. The van der Waals surface area contributed by atoms with Crippen LogP contribution in [-0.2, 0) is 0 Å². The van der Waals surface area contributed by atoms with Gasteiger partial charge in [0.25, 0.3) is 0 Å². The molecule has 3 aliphatic carbocycles. The van der Waals surface area contributed by atoms with Crippen LogP contribution < -0.4 is 0 Å².